The molecule has 246 valence electrons. The highest BCUT2D eigenvalue weighted by Crippen LogP contribution is 2.54. The maximum atomic E-state index is 12.6. The van der Waals surface area contributed by atoms with Gasteiger partial charge < -0.3 is 50.7 Å². The molecule has 4 aromatic carbocycles. The van der Waals surface area contributed by atoms with Crippen LogP contribution in [-0.2, 0) is 22.6 Å². The summed E-state index contributed by atoms with van der Waals surface area (Å²) in [5.74, 6) is -5.01. The van der Waals surface area contributed by atoms with E-state index < -0.39 is 46.1 Å². The van der Waals surface area contributed by atoms with Crippen molar-refractivity contribution >= 4 is 56.1 Å². The normalized spacial score (nSPS) is 11.5. The number of methoxy groups -OCH3 is 2. The molecule has 0 amide bonds. The van der Waals surface area contributed by atoms with Gasteiger partial charge in [-0.3, -0.25) is 0 Å². The van der Waals surface area contributed by atoms with Crippen molar-refractivity contribution in [3.05, 3.63) is 46.5 Å². The number of hydrogen-bond acceptors (Lipinski definition) is 16. The van der Waals surface area contributed by atoms with Crippen LogP contribution in [0.2, 0.25) is 0 Å². The summed E-state index contributed by atoms with van der Waals surface area (Å²) in [6, 6.07) is 4.99. The van der Waals surface area contributed by atoms with Crippen molar-refractivity contribution < 1.29 is 49.7 Å². The Balaban J connectivity index is 1.79. The Bertz CT molecular complexity index is 2200. The van der Waals surface area contributed by atoms with Crippen LogP contribution < -0.4 is 10.6 Å². The van der Waals surface area contributed by atoms with Crippen LogP contribution in [0.4, 0.5) is 0 Å². The summed E-state index contributed by atoms with van der Waals surface area (Å²) in [7, 11) is 5.46. The number of aromatic nitrogens is 4. The molecular weight excluding hydrogens is 628 g/mol. The van der Waals surface area contributed by atoms with E-state index in [1.165, 1.54) is 24.3 Å². The number of benzene rings is 4. The smallest absolute Gasteiger partial charge is 0.340 e. The van der Waals surface area contributed by atoms with Gasteiger partial charge in [0.15, 0.2) is 11.5 Å². The van der Waals surface area contributed by atoms with Gasteiger partial charge >= 0.3 is 11.9 Å². The molecule has 0 unspecified atom stereocenters. The van der Waals surface area contributed by atoms with Gasteiger partial charge in [-0.2, -0.15) is 0 Å². The SMILES string of the molecule is CNCc1c(O)c(-c2c(O)c(CNC)c3nc4c(O)ccc(C(=O)OC)c4nc3c2O)c(O)c2nc3c(C(=O)OC)ccc(O)c3nc12. The van der Waals surface area contributed by atoms with Crippen LogP contribution in [0.25, 0.3) is 55.3 Å². The summed E-state index contributed by atoms with van der Waals surface area (Å²) in [6.45, 7) is -0.143. The molecule has 0 bridgehead atoms. The number of phenols is 6. The lowest BCUT2D eigenvalue weighted by molar-refractivity contribution is 0.0593. The van der Waals surface area contributed by atoms with Gasteiger partial charge in [-0.05, 0) is 38.4 Å². The van der Waals surface area contributed by atoms with Crippen LogP contribution in [0.15, 0.2) is 24.3 Å². The third-order valence-corrected chi connectivity index (χ3v) is 7.91. The van der Waals surface area contributed by atoms with E-state index >= 15 is 0 Å². The second-order valence-electron chi connectivity index (χ2n) is 10.6. The van der Waals surface area contributed by atoms with Crippen LogP contribution in [0.5, 0.6) is 34.5 Å². The van der Waals surface area contributed by atoms with Gasteiger partial charge in [0.25, 0.3) is 0 Å². The third-order valence-electron chi connectivity index (χ3n) is 7.91. The number of carbonyl (C=O) groups excluding carboxylic acids is 2. The predicted octanol–water partition coefficient (Wildman–Crippen LogP) is 2.79. The fourth-order valence-corrected chi connectivity index (χ4v) is 5.69. The summed E-state index contributed by atoms with van der Waals surface area (Å²) >= 11 is 0. The van der Waals surface area contributed by atoms with Crippen molar-refractivity contribution in [2.24, 2.45) is 0 Å². The summed E-state index contributed by atoms with van der Waals surface area (Å²) < 4.78 is 9.69. The minimum Gasteiger partial charge on any atom is -0.507 e. The minimum absolute atomic E-state index is 0.0501. The summed E-state index contributed by atoms with van der Waals surface area (Å²) in [5.41, 5.74) is -2.14. The largest absolute Gasteiger partial charge is 0.507 e. The van der Waals surface area contributed by atoms with Crippen molar-refractivity contribution in [1.29, 1.82) is 0 Å². The number of nitrogens with zero attached hydrogens (tertiary/aromatic N) is 4. The molecule has 6 aromatic rings. The first-order valence-electron chi connectivity index (χ1n) is 14.2. The van der Waals surface area contributed by atoms with Crippen LogP contribution in [0.3, 0.4) is 0 Å². The Hall–Kier alpha value is -6.26. The summed E-state index contributed by atoms with van der Waals surface area (Å²) in [4.78, 5) is 42.9. The quantitative estimate of drug-likeness (QED) is 0.0908. The molecule has 16 nitrogen and oxygen atoms in total. The zero-order valence-corrected chi connectivity index (χ0v) is 25.8. The van der Waals surface area contributed by atoms with Crippen molar-refractivity contribution in [3.63, 3.8) is 0 Å². The molecule has 6 rings (SSSR count). The monoisotopic (exact) mass is 656 g/mol. The maximum absolute atomic E-state index is 12.6. The highest BCUT2D eigenvalue weighted by Gasteiger charge is 2.31. The van der Waals surface area contributed by atoms with E-state index in [1.54, 1.807) is 14.1 Å². The molecule has 8 N–H and O–H groups in total. The molecule has 48 heavy (non-hydrogen) atoms. The number of hydrogen-bond donors (Lipinski definition) is 8. The molecular formula is C32H28N6O10. The number of rotatable bonds is 7. The minimum atomic E-state index is -0.799. The highest BCUT2D eigenvalue weighted by molar-refractivity contribution is 6.10. The summed E-state index contributed by atoms with van der Waals surface area (Å²) in [5, 5.41) is 73.9. The molecule has 0 spiro atoms. The van der Waals surface area contributed by atoms with Gasteiger partial charge in [-0.1, -0.05) is 0 Å². The second kappa shape index (κ2) is 11.8. The van der Waals surface area contributed by atoms with E-state index in [0.29, 0.717) is 0 Å². The first-order valence-corrected chi connectivity index (χ1v) is 14.2. The zero-order chi connectivity index (χ0) is 34.6. The maximum Gasteiger partial charge on any atom is 0.340 e. The fourth-order valence-electron chi connectivity index (χ4n) is 5.69. The average molecular weight is 657 g/mol. The van der Waals surface area contributed by atoms with Gasteiger partial charge in [0.2, 0.25) is 0 Å². The van der Waals surface area contributed by atoms with E-state index in [1.807, 2.05) is 0 Å². The fraction of sp³-hybridized carbons (Fsp3) is 0.188. The van der Waals surface area contributed by atoms with E-state index in [-0.39, 0.29) is 91.0 Å². The third kappa shape index (κ3) is 4.61. The predicted molar refractivity (Wildman–Crippen MR) is 171 cm³/mol. The molecule has 2 aromatic heterocycles. The first kappa shape index (κ1) is 31.7. The summed E-state index contributed by atoms with van der Waals surface area (Å²) in [6.07, 6.45) is 0. The molecule has 0 aliphatic heterocycles. The average Bonchev–Trinajstić information content (AvgIpc) is 3.08. The van der Waals surface area contributed by atoms with E-state index in [4.69, 9.17) is 9.47 Å². The van der Waals surface area contributed by atoms with Gasteiger partial charge in [0.05, 0.1) is 36.5 Å². The topological polar surface area (TPSA) is 250 Å². The van der Waals surface area contributed by atoms with Gasteiger partial charge in [-0.25, -0.2) is 29.5 Å². The molecule has 0 atom stereocenters. The number of nitrogens with one attached hydrogen (secondary N) is 2. The van der Waals surface area contributed by atoms with E-state index in [9.17, 15) is 40.2 Å². The number of carbonyl (C=O) groups is 2. The van der Waals surface area contributed by atoms with Crippen LogP contribution >= 0.6 is 0 Å². The van der Waals surface area contributed by atoms with Crippen molar-refractivity contribution in [2.75, 3.05) is 28.3 Å². The van der Waals surface area contributed by atoms with E-state index in [2.05, 4.69) is 30.6 Å². The lowest BCUT2D eigenvalue weighted by Gasteiger charge is -2.20. The standard InChI is InChI=1S/C32H28N6O10/c1-33-9-13-21-25(37-19-11(31(45)47-3)5-7-15(39)23(19)35-21)29(43)17(27(13)41)18-28(42)14(10-34-2)22-26(30(18)44)38-20-12(32(46)48-4)6-8-16(40)24(20)36-22/h5-8,33-34,39-44H,9-10H2,1-4H3. The highest BCUT2D eigenvalue weighted by atomic mass is 16.5. The van der Waals surface area contributed by atoms with Gasteiger partial charge in [-0.15, -0.1) is 0 Å². The van der Waals surface area contributed by atoms with E-state index in [0.717, 1.165) is 14.2 Å². The Morgan fingerprint density at radius 3 is 1.23 bits per heavy atom. The number of ether oxygens (including phenoxy) is 2. The molecule has 0 fully saturated rings. The first-order chi connectivity index (χ1) is 23.0. The van der Waals surface area contributed by atoms with Crippen molar-refractivity contribution in [2.45, 2.75) is 13.1 Å². The molecule has 0 aliphatic carbocycles. The molecule has 0 saturated carbocycles. The van der Waals surface area contributed by atoms with Gasteiger partial charge in [0.1, 0.15) is 67.1 Å². The zero-order valence-electron chi connectivity index (χ0n) is 25.8. The lowest BCUT2D eigenvalue weighted by Crippen LogP contribution is -2.10. The molecule has 0 aliphatic rings. The Kier molecular flexibility index (Phi) is 7.82. The van der Waals surface area contributed by atoms with Crippen LogP contribution in [-0.4, -0.2) is 90.8 Å². The van der Waals surface area contributed by atoms with Crippen molar-refractivity contribution in [3.8, 4) is 45.6 Å². The number of phenolic OH excluding ortho intramolecular Hbond substituents is 6. The molecule has 0 saturated heterocycles. The Labute approximate surface area is 269 Å². The van der Waals surface area contributed by atoms with Crippen LogP contribution in [0, 0.1) is 0 Å². The molecule has 2 heterocycles. The lowest BCUT2D eigenvalue weighted by atomic mass is 9.93. The molecule has 0 radical (unpaired) electrons. The number of fused-ring (bicyclic) bond motifs is 4. The second-order valence-corrected chi connectivity index (χ2v) is 10.6. The Morgan fingerprint density at radius 2 is 0.896 bits per heavy atom. The number of esters is 2. The molecule has 16 heteroatoms. The van der Waals surface area contributed by atoms with Crippen LogP contribution in [0.1, 0.15) is 31.8 Å². The van der Waals surface area contributed by atoms with Gasteiger partial charge in [0, 0.05) is 24.2 Å². The van der Waals surface area contributed by atoms with Crippen molar-refractivity contribution in [1.82, 2.24) is 30.6 Å². The number of aromatic hydroxyl groups is 6. The Morgan fingerprint density at radius 1 is 0.542 bits per heavy atom.